The fourth-order valence-corrected chi connectivity index (χ4v) is 3.99. The van der Waals surface area contributed by atoms with Crippen LogP contribution >= 0.6 is 0 Å². The van der Waals surface area contributed by atoms with Crippen LogP contribution in [0.2, 0.25) is 0 Å². The Morgan fingerprint density at radius 2 is 2.25 bits per heavy atom. The summed E-state index contributed by atoms with van der Waals surface area (Å²) in [7, 11) is 1.80. The number of aliphatic imine (C=N–C) groups is 1. The first-order chi connectivity index (χ1) is 11.6. The molecule has 0 radical (unpaired) electrons. The summed E-state index contributed by atoms with van der Waals surface area (Å²) in [5.74, 6) is 2.83. The highest BCUT2D eigenvalue weighted by Crippen LogP contribution is 2.51. The highest BCUT2D eigenvalue weighted by Gasteiger charge is 2.58. The van der Waals surface area contributed by atoms with Gasteiger partial charge in [-0.15, -0.1) is 0 Å². The van der Waals surface area contributed by atoms with Crippen LogP contribution in [0.4, 0.5) is 0 Å². The quantitative estimate of drug-likeness (QED) is 0.627. The molecule has 3 unspecified atom stereocenters. The van der Waals surface area contributed by atoms with E-state index in [4.69, 9.17) is 9.26 Å². The summed E-state index contributed by atoms with van der Waals surface area (Å²) in [4.78, 5) is 8.68. The molecule has 2 fully saturated rings. The molecule has 1 saturated carbocycles. The van der Waals surface area contributed by atoms with Crippen molar-refractivity contribution in [1.82, 2.24) is 20.8 Å². The number of guanidine groups is 1. The third kappa shape index (κ3) is 3.27. The zero-order valence-corrected chi connectivity index (χ0v) is 15.1. The van der Waals surface area contributed by atoms with Crippen LogP contribution in [0.5, 0.6) is 0 Å². The zero-order chi connectivity index (χ0) is 17.2. The molecule has 7 heteroatoms. The number of ether oxygens (including phenoxy) is 1. The SMILES string of the molecule is CCc1nc(CCNC(=NC)NC2C3CCCOC3C2(C)C)no1. The molecule has 0 aromatic carbocycles. The lowest BCUT2D eigenvalue weighted by molar-refractivity contribution is -0.188. The molecule has 24 heavy (non-hydrogen) atoms. The van der Waals surface area contributed by atoms with Gasteiger partial charge in [0.15, 0.2) is 11.8 Å². The Morgan fingerprint density at radius 3 is 2.96 bits per heavy atom. The molecule has 2 N–H and O–H groups in total. The largest absolute Gasteiger partial charge is 0.377 e. The molecular formula is C17H29N5O2. The lowest BCUT2D eigenvalue weighted by Gasteiger charge is -2.60. The fourth-order valence-electron chi connectivity index (χ4n) is 3.99. The van der Waals surface area contributed by atoms with E-state index in [1.54, 1.807) is 7.05 Å². The van der Waals surface area contributed by atoms with E-state index in [0.29, 0.717) is 30.4 Å². The first kappa shape index (κ1) is 17.2. The molecule has 0 bridgehead atoms. The minimum atomic E-state index is 0.131. The molecule has 3 rings (SSSR count). The van der Waals surface area contributed by atoms with Crippen LogP contribution in [0.3, 0.4) is 0 Å². The average molecular weight is 335 g/mol. The van der Waals surface area contributed by atoms with Crippen molar-refractivity contribution >= 4 is 5.96 Å². The van der Waals surface area contributed by atoms with Crippen LogP contribution < -0.4 is 10.6 Å². The first-order valence-electron chi connectivity index (χ1n) is 8.96. The fraction of sp³-hybridized carbons (Fsp3) is 0.824. The van der Waals surface area contributed by atoms with E-state index in [1.807, 2.05) is 6.92 Å². The number of rotatable bonds is 5. The molecule has 1 aromatic heterocycles. The Morgan fingerprint density at radius 1 is 1.42 bits per heavy atom. The number of nitrogens with one attached hydrogen (secondary N) is 2. The van der Waals surface area contributed by atoms with Crippen LogP contribution in [-0.2, 0) is 17.6 Å². The van der Waals surface area contributed by atoms with Crippen LogP contribution in [0.25, 0.3) is 0 Å². The molecule has 7 nitrogen and oxygen atoms in total. The summed E-state index contributed by atoms with van der Waals surface area (Å²) in [6.07, 6.45) is 4.23. The van der Waals surface area contributed by atoms with Crippen molar-refractivity contribution in [2.24, 2.45) is 16.3 Å². The van der Waals surface area contributed by atoms with Gasteiger partial charge < -0.3 is 19.9 Å². The molecular weight excluding hydrogens is 306 g/mol. The molecule has 0 amide bonds. The van der Waals surface area contributed by atoms with Crippen molar-refractivity contribution in [2.75, 3.05) is 20.2 Å². The van der Waals surface area contributed by atoms with Gasteiger partial charge in [0.05, 0.1) is 6.10 Å². The summed E-state index contributed by atoms with van der Waals surface area (Å²) >= 11 is 0. The minimum absolute atomic E-state index is 0.131. The van der Waals surface area contributed by atoms with Gasteiger partial charge in [0.25, 0.3) is 0 Å². The average Bonchev–Trinajstić information content (AvgIpc) is 3.05. The number of aromatic nitrogens is 2. The molecule has 134 valence electrons. The molecule has 1 aromatic rings. The molecule has 2 aliphatic rings. The monoisotopic (exact) mass is 335 g/mol. The molecule has 1 aliphatic heterocycles. The smallest absolute Gasteiger partial charge is 0.226 e. The van der Waals surface area contributed by atoms with E-state index in [9.17, 15) is 0 Å². The van der Waals surface area contributed by atoms with Crippen molar-refractivity contribution in [3.8, 4) is 0 Å². The van der Waals surface area contributed by atoms with E-state index in [2.05, 4.69) is 39.6 Å². The topological polar surface area (TPSA) is 84.6 Å². The number of fused-ring (bicyclic) bond motifs is 1. The van der Waals surface area contributed by atoms with Gasteiger partial charge in [0, 0.05) is 50.4 Å². The molecule has 1 saturated heterocycles. The summed E-state index contributed by atoms with van der Waals surface area (Å²) in [5, 5.41) is 10.9. The number of hydrogen-bond acceptors (Lipinski definition) is 5. The van der Waals surface area contributed by atoms with Gasteiger partial charge in [-0.2, -0.15) is 4.98 Å². The molecule has 0 spiro atoms. The third-order valence-corrected chi connectivity index (χ3v) is 5.30. The van der Waals surface area contributed by atoms with Crippen LogP contribution in [0, 0.1) is 11.3 Å². The summed E-state index contributed by atoms with van der Waals surface area (Å²) in [6, 6.07) is 0.394. The Kier molecular flexibility index (Phi) is 5.08. The normalized spacial score (nSPS) is 28.8. The standard InChI is InChI=1S/C17H29N5O2/c1-5-13-20-12(22-24-13)8-9-19-16(18-4)21-14-11-7-6-10-23-15(11)17(14,2)3/h11,14-15H,5-10H2,1-4H3,(H2,18,19,21). The van der Waals surface area contributed by atoms with Gasteiger partial charge in [0.1, 0.15) is 0 Å². The van der Waals surface area contributed by atoms with Crippen LogP contribution in [0.15, 0.2) is 9.52 Å². The van der Waals surface area contributed by atoms with Gasteiger partial charge in [0.2, 0.25) is 5.89 Å². The maximum absolute atomic E-state index is 5.96. The second-order valence-electron chi connectivity index (χ2n) is 7.25. The van der Waals surface area contributed by atoms with Gasteiger partial charge in [-0.25, -0.2) is 0 Å². The summed E-state index contributed by atoms with van der Waals surface area (Å²) in [5.41, 5.74) is 0.131. The zero-order valence-electron chi connectivity index (χ0n) is 15.1. The Labute approximate surface area is 143 Å². The van der Waals surface area contributed by atoms with E-state index < -0.39 is 0 Å². The van der Waals surface area contributed by atoms with E-state index in [1.165, 1.54) is 6.42 Å². The molecule has 1 aliphatic carbocycles. The third-order valence-electron chi connectivity index (χ3n) is 5.30. The van der Waals surface area contributed by atoms with Crippen LogP contribution in [-0.4, -0.2) is 48.4 Å². The Balaban J connectivity index is 1.50. The second-order valence-corrected chi connectivity index (χ2v) is 7.25. The lowest BCUT2D eigenvalue weighted by Crippen LogP contribution is -2.71. The predicted molar refractivity (Wildman–Crippen MR) is 91.9 cm³/mol. The molecule has 2 heterocycles. The van der Waals surface area contributed by atoms with Crippen molar-refractivity contribution in [3.05, 3.63) is 11.7 Å². The summed E-state index contributed by atoms with van der Waals surface area (Å²) < 4.78 is 11.1. The maximum Gasteiger partial charge on any atom is 0.226 e. The first-order valence-corrected chi connectivity index (χ1v) is 8.96. The Bertz CT molecular complexity index is 583. The highest BCUT2D eigenvalue weighted by molar-refractivity contribution is 5.80. The number of hydrogen-bond donors (Lipinski definition) is 2. The van der Waals surface area contributed by atoms with Crippen molar-refractivity contribution in [3.63, 3.8) is 0 Å². The maximum atomic E-state index is 5.96. The van der Waals surface area contributed by atoms with Crippen molar-refractivity contribution < 1.29 is 9.26 Å². The number of nitrogens with zero attached hydrogens (tertiary/aromatic N) is 3. The van der Waals surface area contributed by atoms with E-state index in [0.717, 1.165) is 37.8 Å². The van der Waals surface area contributed by atoms with Gasteiger partial charge in [-0.05, 0) is 12.8 Å². The van der Waals surface area contributed by atoms with Gasteiger partial charge in [-0.3, -0.25) is 4.99 Å². The van der Waals surface area contributed by atoms with Gasteiger partial charge in [-0.1, -0.05) is 25.9 Å². The number of aryl methyl sites for hydroxylation is 1. The highest BCUT2D eigenvalue weighted by atomic mass is 16.5. The van der Waals surface area contributed by atoms with Crippen molar-refractivity contribution in [2.45, 2.75) is 58.6 Å². The second kappa shape index (κ2) is 7.09. The van der Waals surface area contributed by atoms with E-state index >= 15 is 0 Å². The minimum Gasteiger partial charge on any atom is -0.377 e. The molecule has 3 atom stereocenters. The Hall–Kier alpha value is -1.63. The predicted octanol–water partition coefficient (Wildman–Crippen LogP) is 1.54. The van der Waals surface area contributed by atoms with Crippen molar-refractivity contribution in [1.29, 1.82) is 0 Å². The van der Waals surface area contributed by atoms with Crippen LogP contribution in [0.1, 0.15) is 45.3 Å². The van der Waals surface area contributed by atoms with E-state index in [-0.39, 0.29) is 5.41 Å². The van der Waals surface area contributed by atoms with Gasteiger partial charge >= 0.3 is 0 Å². The summed E-state index contributed by atoms with van der Waals surface area (Å²) in [6.45, 7) is 8.17. The lowest BCUT2D eigenvalue weighted by atomic mass is 9.55.